The van der Waals surface area contributed by atoms with Gasteiger partial charge in [-0.1, -0.05) is 29.0 Å². The zero-order chi connectivity index (χ0) is 14.1. The highest BCUT2D eigenvalue weighted by molar-refractivity contribution is 7.22. The Morgan fingerprint density at radius 1 is 1.30 bits per heavy atom. The number of fused-ring (bicyclic) bond motifs is 1. The van der Waals surface area contributed by atoms with Gasteiger partial charge in [-0.15, -0.1) is 11.3 Å². The minimum Gasteiger partial charge on any atom is -0.297 e. The molecule has 1 aromatic carbocycles. The second-order valence-electron chi connectivity index (χ2n) is 3.84. The number of carbonyl (C=O) groups excluding carboxylic acids is 1. The molecule has 0 aliphatic carbocycles. The standard InChI is InChI=1S/C13H6ClN3OS2/c14-8-2-1-3-9-11(8)16-13(20-9)17-12(18)10-5-4-7(6-15)19-10/h1-5H,(H,16,17,18). The fraction of sp³-hybridized carbons (Fsp3) is 0. The van der Waals surface area contributed by atoms with Gasteiger partial charge in [0, 0.05) is 0 Å². The summed E-state index contributed by atoms with van der Waals surface area (Å²) in [4.78, 5) is 17.3. The third-order valence-electron chi connectivity index (χ3n) is 2.53. The molecule has 0 saturated heterocycles. The number of nitriles is 1. The minimum atomic E-state index is -0.272. The molecule has 3 rings (SSSR count). The van der Waals surface area contributed by atoms with Crippen LogP contribution < -0.4 is 5.32 Å². The fourth-order valence-electron chi connectivity index (χ4n) is 1.65. The molecular weight excluding hydrogens is 314 g/mol. The smallest absolute Gasteiger partial charge is 0.267 e. The molecular formula is C13H6ClN3OS2. The fourth-order valence-corrected chi connectivity index (χ4v) is 3.51. The number of halogens is 1. The van der Waals surface area contributed by atoms with Crippen LogP contribution in [-0.4, -0.2) is 10.9 Å². The first-order valence-corrected chi connectivity index (χ1v) is 7.55. The Hall–Kier alpha value is -1.94. The van der Waals surface area contributed by atoms with E-state index in [9.17, 15) is 4.79 Å². The third-order valence-corrected chi connectivity index (χ3v) is 4.76. The highest BCUT2D eigenvalue weighted by Gasteiger charge is 2.13. The predicted molar refractivity (Wildman–Crippen MR) is 81.6 cm³/mol. The summed E-state index contributed by atoms with van der Waals surface area (Å²) in [6, 6.07) is 10.7. The van der Waals surface area contributed by atoms with Crippen LogP contribution in [0, 0.1) is 11.3 Å². The number of hydrogen-bond donors (Lipinski definition) is 1. The molecule has 0 aliphatic heterocycles. The van der Waals surface area contributed by atoms with Crippen molar-refractivity contribution in [2.75, 3.05) is 5.32 Å². The molecule has 1 amide bonds. The van der Waals surface area contributed by atoms with Crippen LogP contribution in [0.1, 0.15) is 14.5 Å². The van der Waals surface area contributed by atoms with Crippen LogP contribution in [0.2, 0.25) is 5.02 Å². The lowest BCUT2D eigenvalue weighted by Gasteiger charge is -1.96. The second-order valence-corrected chi connectivity index (χ2v) is 6.36. The third kappa shape index (κ3) is 2.39. The highest BCUT2D eigenvalue weighted by atomic mass is 35.5. The Labute approximate surface area is 127 Å². The molecule has 0 fully saturated rings. The number of nitrogens with zero attached hydrogens (tertiary/aromatic N) is 2. The number of amides is 1. The number of anilines is 1. The van der Waals surface area contributed by atoms with E-state index in [1.807, 2.05) is 18.2 Å². The lowest BCUT2D eigenvalue weighted by atomic mass is 10.3. The number of carbonyl (C=O) groups is 1. The number of aromatic nitrogens is 1. The lowest BCUT2D eigenvalue weighted by Crippen LogP contribution is -2.09. The molecule has 0 aliphatic rings. The number of para-hydroxylation sites is 1. The van der Waals surface area contributed by atoms with E-state index < -0.39 is 0 Å². The largest absolute Gasteiger partial charge is 0.297 e. The van der Waals surface area contributed by atoms with Gasteiger partial charge in [-0.25, -0.2) is 4.98 Å². The number of hydrogen-bond acceptors (Lipinski definition) is 5. The van der Waals surface area contributed by atoms with Crippen molar-refractivity contribution in [2.45, 2.75) is 0 Å². The molecule has 2 heterocycles. The van der Waals surface area contributed by atoms with E-state index in [4.69, 9.17) is 16.9 Å². The van der Waals surface area contributed by atoms with E-state index in [-0.39, 0.29) is 5.91 Å². The van der Waals surface area contributed by atoms with Gasteiger partial charge < -0.3 is 0 Å². The van der Waals surface area contributed by atoms with Crippen molar-refractivity contribution < 1.29 is 4.79 Å². The van der Waals surface area contributed by atoms with Crippen LogP contribution in [0.4, 0.5) is 5.13 Å². The molecule has 2 aromatic heterocycles. The van der Waals surface area contributed by atoms with Gasteiger partial charge in [-0.3, -0.25) is 10.1 Å². The first-order chi connectivity index (χ1) is 9.67. The Morgan fingerprint density at radius 3 is 2.85 bits per heavy atom. The van der Waals surface area contributed by atoms with Gasteiger partial charge in [0.05, 0.1) is 14.6 Å². The zero-order valence-corrected chi connectivity index (χ0v) is 12.3. The van der Waals surface area contributed by atoms with Gasteiger partial charge in [0.2, 0.25) is 0 Å². The van der Waals surface area contributed by atoms with Gasteiger partial charge in [-0.2, -0.15) is 5.26 Å². The number of nitrogens with one attached hydrogen (secondary N) is 1. The number of rotatable bonds is 2. The molecule has 0 spiro atoms. The van der Waals surface area contributed by atoms with Crippen molar-refractivity contribution in [2.24, 2.45) is 0 Å². The quantitative estimate of drug-likeness (QED) is 0.772. The van der Waals surface area contributed by atoms with Gasteiger partial charge in [0.1, 0.15) is 16.5 Å². The summed E-state index contributed by atoms with van der Waals surface area (Å²) in [6.45, 7) is 0. The molecule has 3 aromatic rings. The molecule has 0 saturated carbocycles. The molecule has 98 valence electrons. The van der Waals surface area contributed by atoms with Crippen molar-refractivity contribution in [1.29, 1.82) is 5.26 Å². The molecule has 0 atom stereocenters. The summed E-state index contributed by atoms with van der Waals surface area (Å²) in [5.74, 6) is -0.272. The summed E-state index contributed by atoms with van der Waals surface area (Å²) >= 11 is 8.55. The maximum absolute atomic E-state index is 12.0. The van der Waals surface area contributed by atoms with Crippen molar-refractivity contribution >= 4 is 55.5 Å². The van der Waals surface area contributed by atoms with E-state index in [0.717, 1.165) is 16.0 Å². The topological polar surface area (TPSA) is 65.8 Å². The number of thiazole rings is 1. The first kappa shape index (κ1) is 13.1. The Balaban J connectivity index is 1.87. The summed E-state index contributed by atoms with van der Waals surface area (Å²) in [6.07, 6.45) is 0. The van der Waals surface area contributed by atoms with Crippen LogP contribution >= 0.6 is 34.3 Å². The monoisotopic (exact) mass is 319 g/mol. The van der Waals surface area contributed by atoms with Crippen LogP contribution in [0.3, 0.4) is 0 Å². The maximum Gasteiger partial charge on any atom is 0.267 e. The number of benzene rings is 1. The summed E-state index contributed by atoms with van der Waals surface area (Å²) in [5.41, 5.74) is 0.679. The second kappa shape index (κ2) is 5.21. The molecule has 7 heteroatoms. The van der Waals surface area contributed by atoms with E-state index >= 15 is 0 Å². The van der Waals surface area contributed by atoms with E-state index in [1.54, 1.807) is 18.2 Å². The van der Waals surface area contributed by atoms with Gasteiger partial charge in [0.25, 0.3) is 5.91 Å². The van der Waals surface area contributed by atoms with Crippen molar-refractivity contribution in [3.05, 3.63) is 45.1 Å². The normalized spacial score (nSPS) is 10.4. The summed E-state index contributed by atoms with van der Waals surface area (Å²) < 4.78 is 0.914. The van der Waals surface area contributed by atoms with Crippen molar-refractivity contribution in [3.8, 4) is 6.07 Å². The summed E-state index contributed by atoms with van der Waals surface area (Å²) in [7, 11) is 0. The van der Waals surface area contributed by atoms with Gasteiger partial charge >= 0.3 is 0 Å². The van der Waals surface area contributed by atoms with E-state index in [1.165, 1.54) is 11.3 Å². The first-order valence-electron chi connectivity index (χ1n) is 5.54. The van der Waals surface area contributed by atoms with Crippen LogP contribution in [0.25, 0.3) is 10.2 Å². The molecule has 4 nitrogen and oxygen atoms in total. The average Bonchev–Trinajstić information content (AvgIpc) is 3.05. The van der Waals surface area contributed by atoms with Gasteiger partial charge in [-0.05, 0) is 24.3 Å². The minimum absolute atomic E-state index is 0.272. The van der Waals surface area contributed by atoms with Crippen LogP contribution in [0.5, 0.6) is 0 Å². The Kier molecular flexibility index (Phi) is 3.40. The molecule has 0 unspecified atom stereocenters. The SMILES string of the molecule is N#Cc1ccc(C(=O)Nc2nc3c(Cl)cccc3s2)s1. The highest BCUT2D eigenvalue weighted by Crippen LogP contribution is 2.31. The lowest BCUT2D eigenvalue weighted by molar-refractivity contribution is 0.103. The van der Waals surface area contributed by atoms with E-state index in [0.29, 0.717) is 25.4 Å². The Bertz CT molecular complexity index is 847. The number of thiophene rings is 1. The molecule has 1 N–H and O–H groups in total. The molecule has 20 heavy (non-hydrogen) atoms. The van der Waals surface area contributed by atoms with Crippen molar-refractivity contribution in [3.63, 3.8) is 0 Å². The van der Waals surface area contributed by atoms with Gasteiger partial charge in [0.15, 0.2) is 5.13 Å². The molecule has 0 bridgehead atoms. The Morgan fingerprint density at radius 2 is 2.15 bits per heavy atom. The van der Waals surface area contributed by atoms with Crippen LogP contribution in [-0.2, 0) is 0 Å². The summed E-state index contributed by atoms with van der Waals surface area (Å²) in [5, 5.41) is 12.5. The predicted octanol–water partition coefficient (Wildman–Crippen LogP) is 4.14. The van der Waals surface area contributed by atoms with Crippen molar-refractivity contribution in [1.82, 2.24) is 4.98 Å². The van der Waals surface area contributed by atoms with E-state index in [2.05, 4.69) is 10.3 Å². The molecule has 0 radical (unpaired) electrons. The maximum atomic E-state index is 12.0. The van der Waals surface area contributed by atoms with Crippen LogP contribution in [0.15, 0.2) is 30.3 Å². The average molecular weight is 320 g/mol. The zero-order valence-electron chi connectivity index (χ0n) is 9.88.